The van der Waals surface area contributed by atoms with Gasteiger partial charge in [-0.2, -0.15) is 0 Å². The van der Waals surface area contributed by atoms with Crippen LogP contribution in [0.2, 0.25) is 0 Å². The normalized spacial score (nSPS) is 11.1. The summed E-state index contributed by atoms with van der Waals surface area (Å²) in [5.41, 5.74) is 6.89. The predicted molar refractivity (Wildman–Crippen MR) is 165 cm³/mol. The minimum atomic E-state index is -0.273. The Kier molecular flexibility index (Phi) is 11.3. The van der Waals surface area contributed by atoms with Crippen LogP contribution in [0.4, 0.5) is 8.78 Å². The lowest BCUT2D eigenvalue weighted by Crippen LogP contribution is -2.02. The number of ether oxygens (including phenoxy) is 1. The van der Waals surface area contributed by atoms with E-state index in [0.717, 1.165) is 52.0 Å². The van der Waals surface area contributed by atoms with Gasteiger partial charge in [0, 0.05) is 11.1 Å². The second kappa shape index (κ2) is 15.4. The summed E-state index contributed by atoms with van der Waals surface area (Å²) in [5, 5.41) is 0. The molecule has 4 rings (SSSR count). The quantitative estimate of drug-likeness (QED) is 0.136. The molecule has 0 spiro atoms. The SMILES string of the molecule is CCCCCCCCCCCCOc1c(-c2ccc(F)cc2)cc(-c2ccc(C)cc2)cc1-c1ccc(F)cc1. The maximum Gasteiger partial charge on any atom is 0.134 e. The van der Waals surface area contributed by atoms with Crippen molar-refractivity contribution in [1.82, 2.24) is 0 Å². The molecule has 0 heterocycles. The summed E-state index contributed by atoms with van der Waals surface area (Å²) >= 11 is 0. The Labute approximate surface area is 239 Å². The van der Waals surface area contributed by atoms with Crippen LogP contribution in [0.15, 0.2) is 84.9 Å². The summed E-state index contributed by atoms with van der Waals surface area (Å²) in [5.74, 6) is 0.208. The number of hydrogen-bond donors (Lipinski definition) is 0. The van der Waals surface area contributed by atoms with E-state index in [9.17, 15) is 8.78 Å². The fourth-order valence-corrected chi connectivity index (χ4v) is 5.15. The standard InChI is InChI=1S/C37H42F2O/c1-3-4-5-6-7-8-9-10-11-12-25-40-37-35(30-17-21-33(38)22-18-30)26-32(29-15-13-28(2)14-16-29)27-36(37)31-19-23-34(39)24-20-31/h13-24,26-27H,3-12,25H2,1-2H3. The van der Waals surface area contributed by atoms with E-state index in [1.807, 2.05) is 0 Å². The van der Waals surface area contributed by atoms with Crippen LogP contribution in [0.25, 0.3) is 33.4 Å². The molecular formula is C37H42F2O. The molecular weight excluding hydrogens is 498 g/mol. The molecule has 210 valence electrons. The van der Waals surface area contributed by atoms with Gasteiger partial charge in [-0.05, 0) is 72.0 Å². The molecule has 0 fully saturated rings. The van der Waals surface area contributed by atoms with Crippen molar-refractivity contribution in [3.63, 3.8) is 0 Å². The predicted octanol–water partition coefficient (Wildman–Crippen LogP) is 11.6. The van der Waals surface area contributed by atoms with Crippen LogP contribution in [0.3, 0.4) is 0 Å². The van der Waals surface area contributed by atoms with Crippen LogP contribution in [-0.4, -0.2) is 6.61 Å². The molecule has 0 bridgehead atoms. The number of rotatable bonds is 15. The second-order valence-corrected chi connectivity index (χ2v) is 10.8. The van der Waals surface area contributed by atoms with Gasteiger partial charge in [0.15, 0.2) is 0 Å². The van der Waals surface area contributed by atoms with Crippen LogP contribution >= 0.6 is 0 Å². The number of aryl methyl sites for hydroxylation is 1. The Balaban J connectivity index is 1.58. The molecule has 0 radical (unpaired) electrons. The van der Waals surface area contributed by atoms with E-state index in [-0.39, 0.29) is 11.6 Å². The molecule has 0 amide bonds. The Morgan fingerprint density at radius 3 is 1.40 bits per heavy atom. The highest BCUT2D eigenvalue weighted by Gasteiger charge is 2.17. The van der Waals surface area contributed by atoms with Gasteiger partial charge >= 0.3 is 0 Å². The van der Waals surface area contributed by atoms with Gasteiger partial charge in [0.05, 0.1) is 6.61 Å². The Morgan fingerprint density at radius 1 is 0.500 bits per heavy atom. The largest absolute Gasteiger partial charge is 0.492 e. The Bertz CT molecular complexity index is 1240. The van der Waals surface area contributed by atoms with E-state index in [1.165, 1.54) is 81.2 Å². The van der Waals surface area contributed by atoms with Crippen molar-refractivity contribution in [2.45, 2.75) is 78.1 Å². The fraction of sp³-hybridized carbons (Fsp3) is 0.351. The first-order valence-electron chi connectivity index (χ1n) is 14.9. The van der Waals surface area contributed by atoms with Gasteiger partial charge in [0.1, 0.15) is 17.4 Å². The summed E-state index contributed by atoms with van der Waals surface area (Å²) in [4.78, 5) is 0. The molecule has 0 saturated heterocycles. The van der Waals surface area contributed by atoms with Crippen LogP contribution in [-0.2, 0) is 0 Å². The molecule has 0 N–H and O–H groups in total. The summed E-state index contributed by atoms with van der Waals surface area (Å²) < 4.78 is 34.2. The van der Waals surface area contributed by atoms with E-state index >= 15 is 0 Å². The van der Waals surface area contributed by atoms with Gasteiger partial charge in [-0.3, -0.25) is 0 Å². The first-order chi connectivity index (χ1) is 19.5. The number of unbranched alkanes of at least 4 members (excludes halogenated alkanes) is 9. The highest BCUT2D eigenvalue weighted by molar-refractivity contribution is 5.88. The van der Waals surface area contributed by atoms with Crippen molar-refractivity contribution in [2.24, 2.45) is 0 Å². The molecule has 0 aromatic heterocycles. The molecule has 0 aliphatic rings. The van der Waals surface area contributed by atoms with Gasteiger partial charge in [0.2, 0.25) is 0 Å². The van der Waals surface area contributed by atoms with Gasteiger partial charge in [-0.1, -0.05) is 119 Å². The monoisotopic (exact) mass is 540 g/mol. The number of halogens is 2. The van der Waals surface area contributed by atoms with E-state index in [2.05, 4.69) is 50.2 Å². The van der Waals surface area contributed by atoms with Crippen LogP contribution < -0.4 is 4.74 Å². The third kappa shape index (κ3) is 8.52. The van der Waals surface area contributed by atoms with Gasteiger partial charge in [-0.25, -0.2) is 8.78 Å². The summed E-state index contributed by atoms with van der Waals surface area (Å²) in [6.07, 6.45) is 12.6. The van der Waals surface area contributed by atoms with E-state index in [4.69, 9.17) is 4.74 Å². The van der Waals surface area contributed by atoms with Crippen LogP contribution in [0.1, 0.15) is 76.7 Å². The van der Waals surface area contributed by atoms with Crippen LogP contribution in [0.5, 0.6) is 5.75 Å². The number of hydrogen-bond acceptors (Lipinski definition) is 1. The number of benzene rings is 4. The second-order valence-electron chi connectivity index (χ2n) is 10.8. The zero-order chi connectivity index (χ0) is 28.2. The smallest absolute Gasteiger partial charge is 0.134 e. The average molecular weight is 541 g/mol. The van der Waals surface area contributed by atoms with E-state index < -0.39 is 0 Å². The third-order valence-corrected chi connectivity index (χ3v) is 7.53. The summed E-state index contributed by atoms with van der Waals surface area (Å²) in [7, 11) is 0. The summed E-state index contributed by atoms with van der Waals surface area (Å²) in [6.45, 7) is 4.93. The van der Waals surface area contributed by atoms with Crippen LogP contribution in [0, 0.1) is 18.6 Å². The van der Waals surface area contributed by atoms with Crippen molar-refractivity contribution >= 4 is 0 Å². The van der Waals surface area contributed by atoms with Crippen molar-refractivity contribution in [2.75, 3.05) is 6.61 Å². The first-order valence-corrected chi connectivity index (χ1v) is 14.9. The maximum absolute atomic E-state index is 13.9. The third-order valence-electron chi connectivity index (χ3n) is 7.53. The van der Waals surface area contributed by atoms with Crippen molar-refractivity contribution in [3.05, 3.63) is 102 Å². The lowest BCUT2D eigenvalue weighted by Gasteiger charge is -2.19. The van der Waals surface area contributed by atoms with Crippen molar-refractivity contribution in [3.8, 4) is 39.1 Å². The maximum atomic E-state index is 13.9. The Hall–Kier alpha value is -3.46. The lowest BCUT2D eigenvalue weighted by atomic mass is 9.91. The molecule has 0 aliphatic carbocycles. The molecule has 0 aliphatic heterocycles. The molecule has 4 aromatic rings. The molecule has 0 unspecified atom stereocenters. The van der Waals surface area contributed by atoms with Gasteiger partial charge in [0.25, 0.3) is 0 Å². The van der Waals surface area contributed by atoms with Gasteiger partial charge in [-0.15, -0.1) is 0 Å². The molecule has 3 heteroatoms. The summed E-state index contributed by atoms with van der Waals surface area (Å²) in [6, 6.07) is 25.8. The minimum absolute atomic E-state index is 0.273. The van der Waals surface area contributed by atoms with E-state index in [0.29, 0.717) is 6.61 Å². The minimum Gasteiger partial charge on any atom is -0.492 e. The zero-order valence-electron chi connectivity index (χ0n) is 24.0. The Morgan fingerprint density at radius 2 is 0.925 bits per heavy atom. The molecule has 40 heavy (non-hydrogen) atoms. The highest BCUT2D eigenvalue weighted by Crippen LogP contribution is 2.43. The van der Waals surface area contributed by atoms with Crippen molar-refractivity contribution in [1.29, 1.82) is 0 Å². The highest BCUT2D eigenvalue weighted by atomic mass is 19.1. The zero-order valence-corrected chi connectivity index (χ0v) is 24.0. The van der Waals surface area contributed by atoms with Crippen molar-refractivity contribution < 1.29 is 13.5 Å². The van der Waals surface area contributed by atoms with Gasteiger partial charge < -0.3 is 4.74 Å². The molecule has 1 nitrogen and oxygen atoms in total. The van der Waals surface area contributed by atoms with E-state index in [1.54, 1.807) is 24.3 Å². The average Bonchev–Trinajstić information content (AvgIpc) is 2.97. The topological polar surface area (TPSA) is 9.23 Å². The molecule has 0 atom stereocenters. The fourth-order valence-electron chi connectivity index (χ4n) is 5.15. The molecule has 0 saturated carbocycles. The first kappa shape index (κ1) is 29.5. The lowest BCUT2D eigenvalue weighted by molar-refractivity contribution is 0.306. The molecule has 4 aromatic carbocycles.